The van der Waals surface area contributed by atoms with Crippen LogP contribution < -0.4 is 16.6 Å². The van der Waals surface area contributed by atoms with Crippen LogP contribution in [0.1, 0.15) is 16.1 Å². The third-order valence-electron chi connectivity index (χ3n) is 2.46. The fourth-order valence-corrected chi connectivity index (χ4v) is 1.49. The summed E-state index contributed by atoms with van der Waals surface area (Å²) >= 11 is 0. The van der Waals surface area contributed by atoms with E-state index in [2.05, 4.69) is 20.7 Å². The first-order chi connectivity index (χ1) is 9.60. The van der Waals surface area contributed by atoms with Crippen LogP contribution in [0.4, 0.5) is 14.6 Å². The summed E-state index contributed by atoms with van der Waals surface area (Å²) in [5.74, 6) is 3.61. The van der Waals surface area contributed by atoms with E-state index < -0.39 is 17.5 Å². The third-order valence-corrected chi connectivity index (χ3v) is 2.46. The number of rotatable bonds is 4. The lowest BCUT2D eigenvalue weighted by molar-refractivity contribution is 0.0945. The quantitative estimate of drug-likeness (QED) is 0.573. The van der Waals surface area contributed by atoms with Crippen LogP contribution in [-0.4, -0.2) is 15.9 Å². The zero-order chi connectivity index (χ0) is 14.5. The molecule has 0 spiro atoms. The van der Waals surface area contributed by atoms with Crippen molar-refractivity contribution in [2.24, 2.45) is 5.84 Å². The molecule has 8 heteroatoms. The van der Waals surface area contributed by atoms with Crippen molar-refractivity contribution < 1.29 is 13.6 Å². The lowest BCUT2D eigenvalue weighted by Crippen LogP contribution is -2.25. The Labute approximate surface area is 113 Å². The number of nitrogens with one attached hydrogen (secondary N) is 2. The van der Waals surface area contributed by atoms with Crippen LogP contribution >= 0.6 is 0 Å². The summed E-state index contributed by atoms with van der Waals surface area (Å²) in [6, 6.07) is 3.01. The zero-order valence-corrected chi connectivity index (χ0v) is 10.2. The van der Waals surface area contributed by atoms with Crippen molar-refractivity contribution in [1.82, 2.24) is 15.3 Å². The molecule has 6 nitrogen and oxygen atoms in total. The monoisotopic (exact) mass is 279 g/mol. The fraction of sp³-hybridized carbons (Fsp3) is 0.0833. The maximum Gasteiger partial charge on any atom is 0.271 e. The first-order valence-electron chi connectivity index (χ1n) is 5.61. The summed E-state index contributed by atoms with van der Waals surface area (Å²) in [4.78, 5) is 19.4. The first kappa shape index (κ1) is 13.8. The van der Waals surface area contributed by atoms with E-state index in [-0.39, 0.29) is 23.6 Å². The van der Waals surface area contributed by atoms with Crippen molar-refractivity contribution in [2.75, 3.05) is 5.43 Å². The van der Waals surface area contributed by atoms with E-state index in [1.165, 1.54) is 12.4 Å². The van der Waals surface area contributed by atoms with Gasteiger partial charge in [-0.25, -0.2) is 19.6 Å². The summed E-state index contributed by atoms with van der Waals surface area (Å²) in [6.07, 6.45) is 2.57. The van der Waals surface area contributed by atoms with E-state index in [4.69, 9.17) is 5.84 Å². The highest BCUT2D eigenvalue weighted by molar-refractivity contribution is 5.92. The van der Waals surface area contributed by atoms with Gasteiger partial charge in [0.1, 0.15) is 17.3 Å². The second-order valence-electron chi connectivity index (χ2n) is 3.85. The molecule has 2 rings (SSSR count). The van der Waals surface area contributed by atoms with Gasteiger partial charge in [-0.05, 0) is 18.2 Å². The summed E-state index contributed by atoms with van der Waals surface area (Å²) in [6.45, 7) is -0.162. The number of carbonyl (C=O) groups is 1. The normalized spacial score (nSPS) is 10.2. The predicted octanol–water partition coefficient (Wildman–Crippen LogP) is 0.970. The minimum absolute atomic E-state index is 0.0114. The van der Waals surface area contributed by atoms with Gasteiger partial charge >= 0.3 is 0 Å². The standard InChI is InChI=1S/C12H11F2N5O/c13-8-1-2-9(14)7(3-8)4-17-12(20)10-5-16-6-11(18-10)19-15/h1-3,5-6H,4,15H2,(H,17,20)(H,18,19). The average molecular weight is 279 g/mol. The summed E-state index contributed by atoms with van der Waals surface area (Å²) in [5.41, 5.74) is 2.30. The molecule has 1 aromatic heterocycles. The van der Waals surface area contributed by atoms with Crippen LogP contribution in [0.3, 0.4) is 0 Å². The largest absolute Gasteiger partial charge is 0.346 e. The Balaban J connectivity index is 2.06. The van der Waals surface area contributed by atoms with Crippen molar-refractivity contribution in [1.29, 1.82) is 0 Å². The van der Waals surface area contributed by atoms with Gasteiger partial charge in [0.15, 0.2) is 5.82 Å². The molecule has 0 atom stereocenters. The lowest BCUT2D eigenvalue weighted by atomic mass is 10.2. The Morgan fingerprint density at radius 3 is 2.85 bits per heavy atom. The molecule has 0 bridgehead atoms. The van der Waals surface area contributed by atoms with E-state index in [1.54, 1.807) is 0 Å². The molecule has 2 aromatic rings. The fourth-order valence-electron chi connectivity index (χ4n) is 1.49. The maximum absolute atomic E-state index is 13.4. The van der Waals surface area contributed by atoms with E-state index in [0.717, 1.165) is 18.2 Å². The van der Waals surface area contributed by atoms with E-state index in [1.807, 2.05) is 0 Å². The van der Waals surface area contributed by atoms with Crippen molar-refractivity contribution in [2.45, 2.75) is 6.54 Å². The molecule has 1 amide bonds. The molecular formula is C12H11F2N5O. The van der Waals surface area contributed by atoms with Crippen molar-refractivity contribution in [3.05, 3.63) is 53.5 Å². The number of nitrogens with zero attached hydrogens (tertiary/aromatic N) is 2. The van der Waals surface area contributed by atoms with E-state index in [0.29, 0.717) is 0 Å². The summed E-state index contributed by atoms with van der Waals surface area (Å²) in [7, 11) is 0. The predicted molar refractivity (Wildman–Crippen MR) is 67.4 cm³/mol. The number of anilines is 1. The number of hydrogen-bond acceptors (Lipinski definition) is 5. The van der Waals surface area contributed by atoms with Gasteiger partial charge in [0.2, 0.25) is 0 Å². The number of halogens is 2. The minimum atomic E-state index is -0.602. The molecule has 0 aliphatic rings. The van der Waals surface area contributed by atoms with Crippen molar-refractivity contribution in [3.63, 3.8) is 0 Å². The van der Waals surface area contributed by atoms with Crippen LogP contribution in [-0.2, 0) is 6.54 Å². The Kier molecular flexibility index (Phi) is 4.16. The maximum atomic E-state index is 13.4. The van der Waals surface area contributed by atoms with Crippen LogP contribution in [0, 0.1) is 11.6 Å². The van der Waals surface area contributed by atoms with Gasteiger partial charge in [-0.1, -0.05) is 0 Å². The second kappa shape index (κ2) is 6.02. The third kappa shape index (κ3) is 3.23. The summed E-state index contributed by atoms with van der Waals surface area (Å²) in [5, 5.41) is 2.42. The zero-order valence-electron chi connectivity index (χ0n) is 10.2. The van der Waals surface area contributed by atoms with Gasteiger partial charge in [0.05, 0.1) is 12.4 Å². The van der Waals surface area contributed by atoms with Gasteiger partial charge in [0.25, 0.3) is 5.91 Å². The lowest BCUT2D eigenvalue weighted by Gasteiger charge is -2.06. The van der Waals surface area contributed by atoms with Crippen LogP contribution in [0.15, 0.2) is 30.6 Å². The molecule has 0 saturated heterocycles. The van der Waals surface area contributed by atoms with Crippen LogP contribution in [0.25, 0.3) is 0 Å². The topological polar surface area (TPSA) is 92.9 Å². The molecule has 1 aromatic carbocycles. The number of amides is 1. The van der Waals surface area contributed by atoms with E-state index in [9.17, 15) is 13.6 Å². The Morgan fingerprint density at radius 2 is 2.10 bits per heavy atom. The first-order valence-corrected chi connectivity index (χ1v) is 5.61. The molecule has 4 N–H and O–H groups in total. The van der Waals surface area contributed by atoms with Gasteiger partial charge < -0.3 is 10.7 Å². The Morgan fingerprint density at radius 1 is 1.30 bits per heavy atom. The molecule has 0 fully saturated rings. The summed E-state index contributed by atoms with van der Waals surface area (Å²) < 4.78 is 26.3. The van der Waals surface area contributed by atoms with Crippen LogP contribution in [0.5, 0.6) is 0 Å². The van der Waals surface area contributed by atoms with E-state index >= 15 is 0 Å². The Bertz CT molecular complexity index is 635. The number of benzene rings is 1. The van der Waals surface area contributed by atoms with Gasteiger partial charge in [-0.2, -0.15) is 0 Å². The highest BCUT2D eigenvalue weighted by Crippen LogP contribution is 2.09. The molecule has 1 heterocycles. The number of aromatic nitrogens is 2. The Hall–Kier alpha value is -2.61. The molecule has 0 aliphatic heterocycles. The minimum Gasteiger partial charge on any atom is -0.346 e. The van der Waals surface area contributed by atoms with Crippen molar-refractivity contribution in [3.8, 4) is 0 Å². The molecule has 0 unspecified atom stereocenters. The number of hydrazine groups is 1. The molecule has 104 valence electrons. The molecule has 0 radical (unpaired) electrons. The smallest absolute Gasteiger partial charge is 0.271 e. The van der Waals surface area contributed by atoms with Gasteiger partial charge in [-0.3, -0.25) is 9.78 Å². The molecule has 0 saturated carbocycles. The molecule has 0 aliphatic carbocycles. The van der Waals surface area contributed by atoms with Gasteiger partial charge in [-0.15, -0.1) is 0 Å². The SMILES string of the molecule is NNc1cncc(C(=O)NCc2cc(F)ccc2F)n1. The van der Waals surface area contributed by atoms with Gasteiger partial charge in [0, 0.05) is 12.1 Å². The molecular weight excluding hydrogens is 268 g/mol. The van der Waals surface area contributed by atoms with Crippen molar-refractivity contribution >= 4 is 11.7 Å². The van der Waals surface area contributed by atoms with Crippen LogP contribution in [0.2, 0.25) is 0 Å². The number of nitrogens with two attached hydrogens (primary N) is 1. The highest BCUT2D eigenvalue weighted by Gasteiger charge is 2.10. The second-order valence-corrected chi connectivity index (χ2v) is 3.85. The average Bonchev–Trinajstić information content (AvgIpc) is 2.48. The number of carbonyl (C=O) groups excluding carboxylic acids is 1. The highest BCUT2D eigenvalue weighted by atomic mass is 19.1. The number of hydrogen-bond donors (Lipinski definition) is 3. The molecule has 20 heavy (non-hydrogen) atoms. The number of nitrogen functional groups attached to an aromatic ring is 1.